The number of alkyl halides is 3. The first-order valence-corrected chi connectivity index (χ1v) is 6.69. The quantitative estimate of drug-likeness (QED) is 0.668. The Bertz CT molecular complexity index is 565. The van der Waals surface area contributed by atoms with E-state index in [1.165, 1.54) is 0 Å². The Morgan fingerprint density at radius 2 is 1.95 bits per heavy atom. The predicted molar refractivity (Wildman–Crippen MR) is 69.3 cm³/mol. The lowest BCUT2D eigenvalue weighted by Gasteiger charge is -2.08. The zero-order valence-electron chi connectivity index (χ0n) is 11.2. The third-order valence-corrected chi connectivity index (χ3v) is 3.36. The lowest BCUT2D eigenvalue weighted by Crippen LogP contribution is -2.28. The van der Waals surface area contributed by atoms with Crippen LogP contribution in [0, 0.1) is 6.92 Å². The summed E-state index contributed by atoms with van der Waals surface area (Å²) in [4.78, 5) is 33.8. The number of thiophene rings is 1. The summed E-state index contributed by atoms with van der Waals surface area (Å²) < 4.78 is 41.0. The van der Waals surface area contributed by atoms with Crippen LogP contribution >= 0.6 is 11.3 Å². The van der Waals surface area contributed by atoms with Crippen LogP contribution in [0.15, 0.2) is 5.38 Å². The number of carbonyl (C=O) groups excluding carboxylic acids is 3. The number of rotatable bonds is 5. The monoisotopic (exact) mass is 323 g/mol. The average molecular weight is 323 g/mol. The van der Waals surface area contributed by atoms with E-state index in [-0.39, 0.29) is 17.2 Å². The fraction of sp³-hybridized carbons (Fsp3) is 0.417. The van der Waals surface area contributed by atoms with Crippen molar-refractivity contribution < 1.29 is 32.3 Å². The van der Waals surface area contributed by atoms with E-state index in [4.69, 9.17) is 4.74 Å². The molecule has 0 radical (unpaired) electrons. The van der Waals surface area contributed by atoms with Crippen molar-refractivity contribution in [2.75, 3.05) is 11.9 Å². The Kier molecular flexibility index (Phi) is 5.47. The second-order valence-corrected chi connectivity index (χ2v) is 4.87. The maximum atomic E-state index is 12.1. The van der Waals surface area contributed by atoms with Crippen molar-refractivity contribution in [3.63, 3.8) is 0 Å². The number of nitrogens with one attached hydrogen (secondary N) is 1. The number of carbonyl (C=O) groups is 3. The van der Waals surface area contributed by atoms with Gasteiger partial charge in [-0.2, -0.15) is 13.2 Å². The molecule has 9 heteroatoms. The van der Waals surface area contributed by atoms with Gasteiger partial charge in [0.2, 0.25) is 11.7 Å². The summed E-state index contributed by atoms with van der Waals surface area (Å²) in [5.41, 5.74) is 0.602. The molecule has 1 aromatic rings. The summed E-state index contributed by atoms with van der Waals surface area (Å²) in [5, 5.41) is 3.74. The molecule has 0 aliphatic rings. The number of esters is 1. The summed E-state index contributed by atoms with van der Waals surface area (Å²) in [5.74, 6) is -3.97. The number of hydrogen-bond donors (Lipinski definition) is 1. The van der Waals surface area contributed by atoms with Gasteiger partial charge in [-0.1, -0.05) is 0 Å². The highest BCUT2D eigenvalue weighted by atomic mass is 32.1. The summed E-state index contributed by atoms with van der Waals surface area (Å²) in [6.45, 7) is 3.31. The Labute approximate surface area is 122 Å². The van der Waals surface area contributed by atoms with Crippen molar-refractivity contribution in [1.29, 1.82) is 0 Å². The Balaban J connectivity index is 2.82. The Morgan fingerprint density at radius 1 is 1.33 bits per heavy atom. The number of amides is 1. The van der Waals surface area contributed by atoms with Gasteiger partial charge >= 0.3 is 12.1 Å². The van der Waals surface area contributed by atoms with Crippen molar-refractivity contribution in [1.82, 2.24) is 0 Å². The highest BCUT2D eigenvalue weighted by molar-refractivity contribution is 7.15. The topological polar surface area (TPSA) is 72.5 Å². The summed E-state index contributed by atoms with van der Waals surface area (Å²) in [6.07, 6.45) is -6.39. The van der Waals surface area contributed by atoms with E-state index < -0.39 is 30.3 Å². The summed E-state index contributed by atoms with van der Waals surface area (Å²) >= 11 is 0.968. The molecule has 5 nitrogen and oxygen atoms in total. The molecule has 0 unspecified atom stereocenters. The largest absolute Gasteiger partial charge is 0.462 e. The van der Waals surface area contributed by atoms with E-state index in [9.17, 15) is 27.6 Å². The Hall–Kier alpha value is -1.90. The number of Topliss-reactive ketones (excluding diaryl/α,β-unsaturated/α-hetero) is 1. The van der Waals surface area contributed by atoms with Gasteiger partial charge < -0.3 is 10.1 Å². The second-order valence-electron chi connectivity index (χ2n) is 3.99. The van der Waals surface area contributed by atoms with E-state index >= 15 is 0 Å². The van der Waals surface area contributed by atoms with Gasteiger partial charge in [0.05, 0.1) is 18.6 Å². The molecule has 0 fully saturated rings. The van der Waals surface area contributed by atoms with Crippen LogP contribution in [0.1, 0.15) is 29.3 Å². The number of aryl methyl sites for hydroxylation is 1. The maximum absolute atomic E-state index is 12.1. The van der Waals surface area contributed by atoms with E-state index in [1.807, 2.05) is 0 Å². The molecule has 0 atom stereocenters. The molecule has 0 aromatic carbocycles. The third-order valence-electron chi connectivity index (χ3n) is 2.34. The summed E-state index contributed by atoms with van der Waals surface area (Å²) in [7, 11) is 0. The molecule has 1 rings (SSSR count). The lowest BCUT2D eigenvalue weighted by molar-refractivity contribution is -0.171. The normalized spacial score (nSPS) is 11.1. The van der Waals surface area contributed by atoms with Gasteiger partial charge in [0, 0.05) is 0 Å². The molecule has 116 valence electrons. The van der Waals surface area contributed by atoms with Crippen LogP contribution in [-0.4, -0.2) is 30.4 Å². The molecule has 21 heavy (non-hydrogen) atoms. The molecule has 0 spiro atoms. The minimum absolute atomic E-state index is 0.0610. The van der Waals surface area contributed by atoms with Crippen molar-refractivity contribution in [2.45, 2.75) is 26.4 Å². The highest BCUT2D eigenvalue weighted by Crippen LogP contribution is 2.29. The van der Waals surface area contributed by atoms with Crippen LogP contribution in [0.2, 0.25) is 0 Å². The molecule has 1 N–H and O–H groups in total. The second kappa shape index (κ2) is 6.70. The molecule has 0 bridgehead atoms. The SMILES string of the molecule is CCOC(=O)c1c(C)csc1NC(=O)CC(=O)C(F)(F)F. The number of ether oxygens (including phenoxy) is 1. The zero-order valence-corrected chi connectivity index (χ0v) is 12.0. The molecule has 0 saturated carbocycles. The van der Waals surface area contributed by atoms with Gasteiger partial charge in [0.15, 0.2) is 0 Å². The van der Waals surface area contributed by atoms with Crippen LogP contribution in [0.3, 0.4) is 0 Å². The van der Waals surface area contributed by atoms with Gasteiger partial charge in [0.1, 0.15) is 5.00 Å². The van der Waals surface area contributed by atoms with Crippen LogP contribution in [-0.2, 0) is 14.3 Å². The molecule has 0 saturated heterocycles. The first-order valence-electron chi connectivity index (χ1n) is 5.81. The first-order chi connectivity index (χ1) is 9.66. The number of hydrogen-bond acceptors (Lipinski definition) is 5. The fourth-order valence-electron chi connectivity index (χ4n) is 1.41. The zero-order chi connectivity index (χ0) is 16.2. The Morgan fingerprint density at radius 3 is 2.48 bits per heavy atom. The van der Waals surface area contributed by atoms with Gasteiger partial charge in [0.25, 0.3) is 0 Å². The van der Waals surface area contributed by atoms with Crippen molar-refractivity contribution >= 4 is 34.0 Å². The molecule has 1 amide bonds. The van der Waals surface area contributed by atoms with Gasteiger partial charge in [-0.25, -0.2) is 4.79 Å². The fourth-order valence-corrected chi connectivity index (χ4v) is 2.36. The number of halogens is 3. The van der Waals surface area contributed by atoms with Gasteiger partial charge in [-0.15, -0.1) is 11.3 Å². The van der Waals surface area contributed by atoms with Crippen LogP contribution in [0.25, 0.3) is 0 Å². The minimum Gasteiger partial charge on any atom is -0.462 e. The molecule has 1 heterocycles. The average Bonchev–Trinajstić information content (AvgIpc) is 2.69. The van der Waals surface area contributed by atoms with Crippen molar-refractivity contribution in [2.24, 2.45) is 0 Å². The van der Waals surface area contributed by atoms with Crippen LogP contribution < -0.4 is 5.32 Å². The van der Waals surface area contributed by atoms with E-state index in [0.29, 0.717) is 5.56 Å². The van der Waals surface area contributed by atoms with E-state index in [1.54, 1.807) is 19.2 Å². The van der Waals surface area contributed by atoms with E-state index in [0.717, 1.165) is 11.3 Å². The van der Waals surface area contributed by atoms with Crippen molar-refractivity contribution in [3.8, 4) is 0 Å². The molecule has 1 aromatic heterocycles. The first kappa shape index (κ1) is 17.2. The van der Waals surface area contributed by atoms with E-state index in [2.05, 4.69) is 5.32 Å². The van der Waals surface area contributed by atoms with Gasteiger partial charge in [-0.3, -0.25) is 9.59 Å². The summed E-state index contributed by atoms with van der Waals surface area (Å²) in [6, 6.07) is 0. The number of ketones is 1. The molecule has 0 aliphatic heterocycles. The highest BCUT2D eigenvalue weighted by Gasteiger charge is 2.39. The number of anilines is 1. The van der Waals surface area contributed by atoms with Crippen LogP contribution in [0.5, 0.6) is 0 Å². The molecule has 0 aliphatic carbocycles. The third kappa shape index (κ3) is 4.55. The molecular formula is C12H12F3NO4S. The van der Waals surface area contributed by atoms with Gasteiger partial charge in [-0.05, 0) is 24.8 Å². The van der Waals surface area contributed by atoms with Crippen molar-refractivity contribution in [3.05, 3.63) is 16.5 Å². The smallest absolute Gasteiger partial charge is 0.450 e. The predicted octanol–water partition coefficient (Wildman–Crippen LogP) is 2.69. The molecular weight excluding hydrogens is 311 g/mol. The minimum atomic E-state index is -5.06. The van der Waals surface area contributed by atoms with Crippen LogP contribution in [0.4, 0.5) is 18.2 Å². The standard InChI is InChI=1S/C12H12F3NO4S/c1-3-20-11(19)9-6(2)5-21-10(9)16-8(18)4-7(17)12(13,14)15/h5H,3-4H2,1-2H3,(H,16,18). The maximum Gasteiger partial charge on any atom is 0.450 e. The lowest BCUT2D eigenvalue weighted by atomic mass is 10.2.